The van der Waals surface area contributed by atoms with Crippen LogP contribution in [0.5, 0.6) is 0 Å². The number of methoxy groups -OCH3 is 1. The van der Waals surface area contributed by atoms with Gasteiger partial charge in [-0.1, -0.05) is 0 Å². The maximum Gasteiger partial charge on any atom is 0.153 e. The van der Waals surface area contributed by atoms with Crippen LogP contribution in [0.4, 0.5) is 5.82 Å². The van der Waals surface area contributed by atoms with Gasteiger partial charge in [0.05, 0.1) is 23.8 Å². The Morgan fingerprint density at radius 1 is 1.33 bits per heavy atom. The summed E-state index contributed by atoms with van der Waals surface area (Å²) in [5.74, 6) is 1.45. The molecule has 8 heteroatoms. The van der Waals surface area contributed by atoms with E-state index in [1.807, 2.05) is 18.7 Å². The van der Waals surface area contributed by atoms with Crippen LogP contribution in [0.25, 0.3) is 0 Å². The van der Waals surface area contributed by atoms with Gasteiger partial charge in [-0.25, -0.2) is 8.42 Å². The van der Waals surface area contributed by atoms with Crippen molar-refractivity contribution in [3.8, 4) is 0 Å². The van der Waals surface area contributed by atoms with Gasteiger partial charge in [0.25, 0.3) is 0 Å². The van der Waals surface area contributed by atoms with E-state index in [4.69, 9.17) is 4.74 Å². The van der Waals surface area contributed by atoms with Gasteiger partial charge in [0.15, 0.2) is 9.84 Å². The molecule has 0 atom stereocenters. The summed E-state index contributed by atoms with van der Waals surface area (Å²) in [6.07, 6.45) is 0. The minimum atomic E-state index is -2.87. The normalized spacial score (nSPS) is 18.1. The maximum absolute atomic E-state index is 11.6. The van der Waals surface area contributed by atoms with Crippen molar-refractivity contribution in [3.05, 3.63) is 11.3 Å². The molecule has 0 aromatic carbocycles. The summed E-state index contributed by atoms with van der Waals surface area (Å²) >= 11 is 0. The molecule has 1 aromatic rings. The number of ether oxygens (including phenoxy) is 1. The molecule has 7 nitrogen and oxygen atoms in total. The molecule has 0 radical (unpaired) electrons. The summed E-state index contributed by atoms with van der Waals surface area (Å²) in [6, 6.07) is 0. The fourth-order valence-corrected chi connectivity index (χ4v) is 3.81. The van der Waals surface area contributed by atoms with E-state index in [0.717, 1.165) is 23.6 Å². The van der Waals surface area contributed by atoms with E-state index < -0.39 is 9.84 Å². The number of hydrogen-bond acceptors (Lipinski definition) is 6. The molecule has 0 aliphatic carbocycles. The molecule has 0 unspecified atom stereocenters. The second-order valence-electron chi connectivity index (χ2n) is 5.32. The quantitative estimate of drug-likeness (QED) is 0.726. The average Bonchev–Trinajstić information content (AvgIpc) is 2.70. The standard InChI is InChI=1S/C13H24N4O3S/c1-11-12(10-14-4-7-20-3)13(16(2)15-11)17-5-8-21(18,19)9-6-17/h14H,4-10H2,1-3H3. The number of sulfone groups is 1. The molecule has 2 rings (SSSR count). The van der Waals surface area contributed by atoms with Crippen molar-refractivity contribution in [3.63, 3.8) is 0 Å². The van der Waals surface area contributed by atoms with Crippen molar-refractivity contribution >= 4 is 15.7 Å². The lowest BCUT2D eigenvalue weighted by atomic mass is 10.2. The Hall–Kier alpha value is -1.12. The molecular weight excluding hydrogens is 292 g/mol. The Morgan fingerprint density at radius 2 is 2.00 bits per heavy atom. The van der Waals surface area contributed by atoms with Crippen molar-refractivity contribution < 1.29 is 13.2 Å². The van der Waals surface area contributed by atoms with E-state index in [2.05, 4.69) is 15.3 Å². The summed E-state index contributed by atoms with van der Waals surface area (Å²) in [7, 11) is 0.714. The number of hydrogen-bond donors (Lipinski definition) is 1. The SMILES string of the molecule is COCCNCc1c(C)nn(C)c1N1CCS(=O)(=O)CC1. The molecule has 0 saturated carbocycles. The highest BCUT2D eigenvalue weighted by Gasteiger charge is 2.26. The summed E-state index contributed by atoms with van der Waals surface area (Å²) in [5, 5.41) is 7.81. The van der Waals surface area contributed by atoms with Crippen LogP contribution in [0, 0.1) is 6.92 Å². The van der Waals surface area contributed by atoms with Gasteiger partial charge >= 0.3 is 0 Å². The molecule has 0 amide bonds. The summed E-state index contributed by atoms with van der Waals surface area (Å²) in [6.45, 7) is 5.20. The molecular formula is C13H24N4O3S. The molecule has 1 N–H and O–H groups in total. The number of anilines is 1. The first-order valence-electron chi connectivity index (χ1n) is 7.12. The highest BCUT2D eigenvalue weighted by molar-refractivity contribution is 7.91. The molecule has 1 aliphatic heterocycles. The molecule has 21 heavy (non-hydrogen) atoms. The van der Waals surface area contributed by atoms with E-state index in [1.165, 1.54) is 0 Å². The summed E-state index contributed by atoms with van der Waals surface area (Å²) in [4.78, 5) is 2.12. The molecule has 0 bridgehead atoms. The van der Waals surface area contributed by atoms with E-state index in [9.17, 15) is 8.42 Å². The second kappa shape index (κ2) is 6.76. The highest BCUT2D eigenvalue weighted by Crippen LogP contribution is 2.24. The van der Waals surface area contributed by atoms with E-state index in [0.29, 0.717) is 26.2 Å². The van der Waals surface area contributed by atoms with Gasteiger partial charge in [-0.15, -0.1) is 0 Å². The third-order valence-corrected chi connectivity index (χ3v) is 5.35. The average molecular weight is 316 g/mol. The predicted octanol–water partition coefficient (Wildman–Crippen LogP) is -0.301. The van der Waals surface area contributed by atoms with Crippen molar-refractivity contribution in [2.75, 3.05) is 49.8 Å². The number of aromatic nitrogens is 2. The molecule has 2 heterocycles. The minimum Gasteiger partial charge on any atom is -0.383 e. The summed E-state index contributed by atoms with van der Waals surface area (Å²) < 4.78 is 30.0. The first kappa shape index (κ1) is 16.3. The Morgan fingerprint density at radius 3 is 2.62 bits per heavy atom. The molecule has 1 aliphatic rings. The zero-order chi connectivity index (χ0) is 15.5. The zero-order valence-electron chi connectivity index (χ0n) is 12.9. The lowest BCUT2D eigenvalue weighted by Crippen LogP contribution is -2.41. The van der Waals surface area contributed by atoms with Gasteiger partial charge in [-0.2, -0.15) is 5.10 Å². The van der Waals surface area contributed by atoms with Crippen LogP contribution in [0.3, 0.4) is 0 Å². The third-order valence-electron chi connectivity index (χ3n) is 3.74. The van der Waals surface area contributed by atoms with Crippen LogP contribution in [-0.2, 0) is 28.2 Å². The Kier molecular flexibility index (Phi) is 5.23. The van der Waals surface area contributed by atoms with Crippen LogP contribution in [0.1, 0.15) is 11.3 Å². The van der Waals surface area contributed by atoms with Gasteiger partial charge in [0, 0.05) is 45.9 Å². The maximum atomic E-state index is 11.6. The van der Waals surface area contributed by atoms with Gasteiger partial charge in [0.1, 0.15) is 5.82 Å². The van der Waals surface area contributed by atoms with Crippen molar-refractivity contribution in [1.82, 2.24) is 15.1 Å². The topological polar surface area (TPSA) is 76.5 Å². The monoisotopic (exact) mass is 316 g/mol. The van der Waals surface area contributed by atoms with Crippen molar-refractivity contribution in [2.45, 2.75) is 13.5 Å². The van der Waals surface area contributed by atoms with Gasteiger partial charge in [-0.3, -0.25) is 4.68 Å². The van der Waals surface area contributed by atoms with Crippen LogP contribution in [-0.4, -0.2) is 63.1 Å². The molecule has 0 spiro atoms. The van der Waals surface area contributed by atoms with Crippen LogP contribution in [0.2, 0.25) is 0 Å². The van der Waals surface area contributed by atoms with Crippen molar-refractivity contribution in [2.24, 2.45) is 7.05 Å². The molecule has 120 valence electrons. The number of rotatable bonds is 6. The van der Waals surface area contributed by atoms with Crippen LogP contribution < -0.4 is 10.2 Å². The van der Waals surface area contributed by atoms with Crippen LogP contribution in [0.15, 0.2) is 0 Å². The second-order valence-corrected chi connectivity index (χ2v) is 7.62. The first-order chi connectivity index (χ1) is 9.94. The largest absolute Gasteiger partial charge is 0.383 e. The minimum absolute atomic E-state index is 0.216. The molecule has 1 saturated heterocycles. The van der Waals surface area contributed by atoms with E-state index in [1.54, 1.807) is 7.11 Å². The predicted molar refractivity (Wildman–Crippen MR) is 82.4 cm³/mol. The molecule has 1 fully saturated rings. The first-order valence-corrected chi connectivity index (χ1v) is 8.94. The lowest BCUT2D eigenvalue weighted by Gasteiger charge is -2.29. The lowest BCUT2D eigenvalue weighted by molar-refractivity contribution is 0.199. The van der Waals surface area contributed by atoms with Gasteiger partial charge < -0.3 is 15.0 Å². The number of nitrogens with zero attached hydrogens (tertiary/aromatic N) is 3. The Labute approximate surface area is 126 Å². The third kappa shape index (κ3) is 3.96. The van der Waals surface area contributed by atoms with Crippen molar-refractivity contribution in [1.29, 1.82) is 0 Å². The fraction of sp³-hybridized carbons (Fsp3) is 0.769. The van der Waals surface area contributed by atoms with Crippen LogP contribution >= 0.6 is 0 Å². The molecule has 1 aromatic heterocycles. The number of nitrogens with one attached hydrogen (secondary N) is 1. The van der Waals surface area contributed by atoms with Gasteiger partial charge in [0.2, 0.25) is 0 Å². The smallest absolute Gasteiger partial charge is 0.153 e. The van der Waals surface area contributed by atoms with E-state index >= 15 is 0 Å². The van der Waals surface area contributed by atoms with Gasteiger partial charge in [-0.05, 0) is 6.92 Å². The highest BCUT2D eigenvalue weighted by atomic mass is 32.2. The zero-order valence-corrected chi connectivity index (χ0v) is 13.7. The fourth-order valence-electron chi connectivity index (χ4n) is 2.60. The Balaban J connectivity index is 2.11. The van der Waals surface area contributed by atoms with E-state index in [-0.39, 0.29) is 11.5 Å². The Bertz CT molecular complexity index is 568. The number of aryl methyl sites for hydroxylation is 2. The summed E-state index contributed by atoms with van der Waals surface area (Å²) in [5.41, 5.74) is 2.11.